The first-order valence-electron chi connectivity index (χ1n) is 7.47. The van der Waals surface area contributed by atoms with E-state index in [1.54, 1.807) is 37.3 Å². The molecule has 1 aliphatic heterocycles. The number of sulfonamides is 1. The molecule has 0 saturated heterocycles. The predicted molar refractivity (Wildman–Crippen MR) is 96.2 cm³/mol. The van der Waals surface area contributed by atoms with Crippen molar-refractivity contribution < 1.29 is 13.2 Å². The topological polar surface area (TPSA) is 80.5 Å². The summed E-state index contributed by atoms with van der Waals surface area (Å²) in [7, 11) is -3.80. The van der Waals surface area contributed by atoms with Crippen LogP contribution in [0, 0.1) is 12.8 Å². The van der Waals surface area contributed by atoms with Gasteiger partial charge in [-0.05, 0) is 42.7 Å². The average Bonchev–Trinajstić information content (AvgIpc) is 2.55. The molecule has 2 aromatic rings. The van der Waals surface area contributed by atoms with Gasteiger partial charge < -0.3 is 5.73 Å². The van der Waals surface area contributed by atoms with E-state index in [9.17, 15) is 13.2 Å². The van der Waals surface area contributed by atoms with Gasteiger partial charge in [-0.25, -0.2) is 8.42 Å². The number of para-hydroxylation sites is 1. The second-order valence-electron chi connectivity index (χ2n) is 5.88. The average molecular weight is 409 g/mol. The van der Waals surface area contributed by atoms with Gasteiger partial charge in [0.15, 0.2) is 0 Å². The third kappa shape index (κ3) is 2.93. The molecule has 0 aromatic heterocycles. The second-order valence-corrected chi connectivity index (χ2v) is 8.62. The minimum atomic E-state index is -3.80. The van der Waals surface area contributed by atoms with Gasteiger partial charge in [-0.15, -0.1) is 0 Å². The third-order valence-corrected chi connectivity index (χ3v) is 6.65. The Kier molecular flexibility index (Phi) is 4.40. The maximum Gasteiger partial charge on any atom is 0.264 e. The van der Waals surface area contributed by atoms with E-state index in [4.69, 9.17) is 5.73 Å². The molecule has 1 heterocycles. The monoisotopic (exact) mass is 408 g/mol. The summed E-state index contributed by atoms with van der Waals surface area (Å²) in [4.78, 5) is 11.9. The number of amides is 1. The molecule has 0 unspecified atom stereocenters. The Hall–Kier alpha value is -1.86. The number of rotatable bonds is 3. The van der Waals surface area contributed by atoms with E-state index < -0.39 is 21.8 Å². The number of carbonyl (C=O) groups excluding carboxylic acids is 1. The summed E-state index contributed by atoms with van der Waals surface area (Å²) in [5, 5.41) is 0. The largest absolute Gasteiger partial charge is 0.369 e. The first-order chi connectivity index (χ1) is 11.3. The van der Waals surface area contributed by atoms with Gasteiger partial charge in [0.05, 0.1) is 16.5 Å². The van der Waals surface area contributed by atoms with Crippen molar-refractivity contribution in [3.63, 3.8) is 0 Å². The zero-order chi connectivity index (χ0) is 17.5. The van der Waals surface area contributed by atoms with Crippen LogP contribution in [0.5, 0.6) is 0 Å². The van der Waals surface area contributed by atoms with Crippen LogP contribution < -0.4 is 10.0 Å². The number of hydrogen-bond donors (Lipinski definition) is 1. The summed E-state index contributed by atoms with van der Waals surface area (Å²) in [6.07, 6.45) is 0.453. The van der Waals surface area contributed by atoms with Gasteiger partial charge in [0.1, 0.15) is 0 Å². The summed E-state index contributed by atoms with van der Waals surface area (Å²) >= 11 is 3.32. The SMILES string of the molecule is Cc1ccc(Br)cc1S(=O)(=O)N1C[C@@H](C(N)=O)Cc2ccccc21. The number of nitrogens with zero attached hydrogens (tertiary/aromatic N) is 1. The lowest BCUT2D eigenvalue weighted by Gasteiger charge is -2.34. The Balaban J connectivity index is 2.16. The summed E-state index contributed by atoms with van der Waals surface area (Å²) in [6.45, 7) is 1.81. The Bertz CT molecular complexity index is 912. The maximum atomic E-state index is 13.2. The van der Waals surface area contributed by atoms with Crippen molar-refractivity contribution in [2.45, 2.75) is 18.2 Å². The molecule has 0 bridgehead atoms. The van der Waals surface area contributed by atoms with E-state index in [2.05, 4.69) is 15.9 Å². The van der Waals surface area contributed by atoms with Crippen molar-refractivity contribution in [1.29, 1.82) is 0 Å². The summed E-state index contributed by atoms with van der Waals surface area (Å²) < 4.78 is 28.5. The molecule has 126 valence electrons. The molecule has 2 N–H and O–H groups in total. The first kappa shape index (κ1) is 17.0. The summed E-state index contributed by atoms with van der Waals surface area (Å²) in [6, 6.07) is 12.3. The van der Waals surface area contributed by atoms with Gasteiger partial charge in [0, 0.05) is 11.0 Å². The minimum Gasteiger partial charge on any atom is -0.369 e. The smallest absolute Gasteiger partial charge is 0.264 e. The van der Waals surface area contributed by atoms with E-state index in [0.29, 0.717) is 22.1 Å². The van der Waals surface area contributed by atoms with Crippen LogP contribution in [0.3, 0.4) is 0 Å². The molecule has 0 spiro atoms. The predicted octanol–water partition coefficient (Wildman–Crippen LogP) is 2.61. The van der Waals surface area contributed by atoms with Gasteiger partial charge in [-0.1, -0.05) is 40.2 Å². The van der Waals surface area contributed by atoms with Crippen LogP contribution >= 0.6 is 15.9 Å². The van der Waals surface area contributed by atoms with Crippen LogP contribution in [0.2, 0.25) is 0 Å². The molecule has 1 aliphatic rings. The van der Waals surface area contributed by atoms with Gasteiger partial charge in [-0.2, -0.15) is 0 Å². The van der Waals surface area contributed by atoms with Crippen LogP contribution in [-0.4, -0.2) is 20.9 Å². The molecule has 0 aliphatic carbocycles. The first-order valence-corrected chi connectivity index (χ1v) is 9.70. The van der Waals surface area contributed by atoms with E-state index in [-0.39, 0.29) is 11.4 Å². The molecular weight excluding hydrogens is 392 g/mol. The highest BCUT2D eigenvalue weighted by Gasteiger charge is 2.35. The van der Waals surface area contributed by atoms with Crippen molar-refractivity contribution in [3.05, 3.63) is 58.1 Å². The maximum absolute atomic E-state index is 13.2. The fraction of sp³-hybridized carbons (Fsp3) is 0.235. The van der Waals surface area contributed by atoms with E-state index >= 15 is 0 Å². The van der Waals surface area contributed by atoms with Gasteiger partial charge in [-0.3, -0.25) is 9.10 Å². The quantitative estimate of drug-likeness (QED) is 0.847. The van der Waals surface area contributed by atoms with Crippen LogP contribution in [0.1, 0.15) is 11.1 Å². The normalized spacial score (nSPS) is 17.4. The van der Waals surface area contributed by atoms with Gasteiger partial charge in [0.2, 0.25) is 5.91 Å². The number of aryl methyl sites for hydroxylation is 1. The molecule has 1 amide bonds. The molecule has 5 nitrogen and oxygen atoms in total. The Labute approximate surface area is 149 Å². The Morgan fingerprint density at radius 3 is 2.67 bits per heavy atom. The molecule has 2 aromatic carbocycles. The highest BCUT2D eigenvalue weighted by atomic mass is 79.9. The van der Waals surface area contributed by atoms with Crippen molar-refractivity contribution >= 4 is 37.5 Å². The van der Waals surface area contributed by atoms with Crippen LogP contribution in [-0.2, 0) is 21.2 Å². The number of primary amides is 1. The number of nitrogens with two attached hydrogens (primary N) is 1. The fourth-order valence-electron chi connectivity index (χ4n) is 2.94. The fourth-order valence-corrected chi connectivity index (χ4v) is 5.26. The molecule has 3 rings (SSSR count). The van der Waals surface area contributed by atoms with Crippen molar-refractivity contribution in [1.82, 2.24) is 0 Å². The number of halogens is 1. The molecule has 24 heavy (non-hydrogen) atoms. The molecule has 0 radical (unpaired) electrons. The molecule has 0 saturated carbocycles. The van der Waals surface area contributed by atoms with Gasteiger partial charge >= 0.3 is 0 Å². The summed E-state index contributed by atoms with van der Waals surface area (Å²) in [5.41, 5.74) is 7.52. The standard InChI is InChI=1S/C17H17BrN2O3S/c1-11-6-7-14(18)9-16(11)24(22,23)20-10-13(17(19)21)8-12-4-2-3-5-15(12)20/h2-7,9,13H,8,10H2,1H3,(H2,19,21)/t13-/m0/s1. The van der Waals surface area contributed by atoms with Gasteiger partial charge in [0.25, 0.3) is 10.0 Å². The van der Waals surface area contributed by atoms with E-state index in [1.807, 2.05) is 12.1 Å². The summed E-state index contributed by atoms with van der Waals surface area (Å²) in [5.74, 6) is -1.03. The minimum absolute atomic E-state index is 0.0562. The van der Waals surface area contributed by atoms with Crippen LogP contribution in [0.25, 0.3) is 0 Å². The molecule has 7 heteroatoms. The number of anilines is 1. The molecular formula is C17H17BrN2O3S. The highest BCUT2D eigenvalue weighted by molar-refractivity contribution is 9.10. The zero-order valence-corrected chi connectivity index (χ0v) is 15.5. The van der Waals surface area contributed by atoms with E-state index in [0.717, 1.165) is 5.56 Å². The number of fused-ring (bicyclic) bond motifs is 1. The van der Waals surface area contributed by atoms with Crippen LogP contribution in [0.15, 0.2) is 51.8 Å². The number of hydrogen-bond acceptors (Lipinski definition) is 3. The van der Waals surface area contributed by atoms with Crippen molar-refractivity contribution in [2.75, 3.05) is 10.8 Å². The second kappa shape index (κ2) is 6.22. The van der Waals surface area contributed by atoms with E-state index in [1.165, 1.54) is 4.31 Å². The number of benzene rings is 2. The Morgan fingerprint density at radius 1 is 1.25 bits per heavy atom. The van der Waals surface area contributed by atoms with Crippen molar-refractivity contribution in [3.8, 4) is 0 Å². The zero-order valence-electron chi connectivity index (χ0n) is 13.1. The lowest BCUT2D eigenvalue weighted by Crippen LogP contribution is -2.44. The Morgan fingerprint density at radius 2 is 1.96 bits per heavy atom. The molecule has 1 atom stereocenters. The lowest BCUT2D eigenvalue weighted by molar-refractivity contribution is -0.121. The number of carbonyl (C=O) groups is 1. The van der Waals surface area contributed by atoms with Crippen molar-refractivity contribution in [2.24, 2.45) is 11.7 Å². The third-order valence-electron chi connectivity index (χ3n) is 4.23. The highest BCUT2D eigenvalue weighted by Crippen LogP contribution is 2.35. The lowest BCUT2D eigenvalue weighted by atomic mass is 9.93. The van der Waals surface area contributed by atoms with Crippen LogP contribution in [0.4, 0.5) is 5.69 Å². The molecule has 0 fully saturated rings.